The van der Waals surface area contributed by atoms with Crippen LogP contribution in [0.25, 0.3) is 21.3 Å². The van der Waals surface area contributed by atoms with Crippen LogP contribution < -0.4 is 10.9 Å². The van der Waals surface area contributed by atoms with Gasteiger partial charge in [0.1, 0.15) is 17.1 Å². The van der Waals surface area contributed by atoms with E-state index in [9.17, 15) is 14.0 Å². The number of hydrogen-bond acceptors (Lipinski definition) is 4. The smallest absolute Gasteiger partial charge is 0.271 e. The van der Waals surface area contributed by atoms with E-state index in [0.29, 0.717) is 26.5 Å². The normalized spacial score (nSPS) is 11.0. The van der Waals surface area contributed by atoms with Crippen molar-refractivity contribution >= 4 is 44.7 Å². The van der Waals surface area contributed by atoms with Crippen molar-refractivity contribution in [3.8, 4) is 11.1 Å². The molecule has 8 heteroatoms. The van der Waals surface area contributed by atoms with Gasteiger partial charge in [-0.05, 0) is 42.3 Å². The maximum atomic E-state index is 13.6. The zero-order chi connectivity index (χ0) is 20.5. The van der Waals surface area contributed by atoms with E-state index in [-0.39, 0.29) is 12.1 Å². The number of nitrogens with zero attached hydrogens (tertiary/aromatic N) is 2. The Labute approximate surface area is 174 Å². The zero-order valence-corrected chi connectivity index (χ0v) is 16.9. The Morgan fingerprint density at radius 3 is 2.72 bits per heavy atom. The monoisotopic (exact) mass is 427 g/mol. The summed E-state index contributed by atoms with van der Waals surface area (Å²) in [5.74, 6) is -0.845. The van der Waals surface area contributed by atoms with Gasteiger partial charge >= 0.3 is 0 Å². The van der Waals surface area contributed by atoms with Crippen molar-refractivity contribution in [1.29, 1.82) is 0 Å². The van der Waals surface area contributed by atoms with Gasteiger partial charge in [-0.2, -0.15) is 0 Å². The SMILES string of the molecule is Cc1ccc(NC(=O)Cn2cnc3c(-c4ccc(Cl)cc4)csc3c2=O)cc1F. The molecule has 0 saturated carbocycles. The van der Waals surface area contributed by atoms with Crippen LogP contribution >= 0.6 is 22.9 Å². The van der Waals surface area contributed by atoms with Gasteiger partial charge in [0.15, 0.2) is 0 Å². The summed E-state index contributed by atoms with van der Waals surface area (Å²) in [5.41, 5.74) is 2.85. The van der Waals surface area contributed by atoms with Crippen LogP contribution in [0.1, 0.15) is 5.56 Å². The third-order valence-electron chi connectivity index (χ3n) is 4.47. The molecular formula is C21H15ClFN3O2S. The largest absolute Gasteiger partial charge is 0.324 e. The first kappa shape index (κ1) is 19.3. The lowest BCUT2D eigenvalue weighted by molar-refractivity contribution is -0.116. The van der Waals surface area contributed by atoms with Gasteiger partial charge in [-0.3, -0.25) is 14.2 Å². The molecule has 0 bridgehead atoms. The van der Waals surface area contributed by atoms with Gasteiger partial charge in [0.05, 0.1) is 11.8 Å². The number of carbonyl (C=O) groups excluding carboxylic acids is 1. The average Bonchev–Trinajstić information content (AvgIpc) is 3.12. The van der Waals surface area contributed by atoms with Gasteiger partial charge < -0.3 is 5.32 Å². The summed E-state index contributed by atoms with van der Waals surface area (Å²) >= 11 is 7.21. The standard InChI is InChI=1S/C21H15ClFN3O2S/c1-12-2-7-15(8-17(12)23)25-18(27)9-26-11-24-19-16(10-29-20(19)21(26)28)13-3-5-14(22)6-4-13/h2-8,10-11H,9H2,1H3,(H,25,27). The fourth-order valence-electron chi connectivity index (χ4n) is 2.91. The number of aryl methyl sites for hydroxylation is 1. The maximum absolute atomic E-state index is 13.6. The van der Waals surface area contributed by atoms with E-state index in [4.69, 9.17) is 11.6 Å². The van der Waals surface area contributed by atoms with Crippen molar-refractivity contribution in [2.24, 2.45) is 0 Å². The molecule has 0 radical (unpaired) electrons. The lowest BCUT2D eigenvalue weighted by Crippen LogP contribution is -2.27. The molecule has 29 heavy (non-hydrogen) atoms. The molecule has 0 unspecified atom stereocenters. The Morgan fingerprint density at radius 1 is 1.24 bits per heavy atom. The molecule has 2 aromatic carbocycles. The molecule has 0 aliphatic carbocycles. The molecule has 0 fully saturated rings. The number of rotatable bonds is 4. The Bertz CT molecular complexity index is 1280. The van der Waals surface area contributed by atoms with Crippen LogP contribution in [-0.2, 0) is 11.3 Å². The van der Waals surface area contributed by atoms with Crippen LogP contribution in [0.5, 0.6) is 0 Å². The quantitative estimate of drug-likeness (QED) is 0.505. The van der Waals surface area contributed by atoms with E-state index in [1.54, 1.807) is 31.2 Å². The Morgan fingerprint density at radius 2 is 2.00 bits per heavy atom. The van der Waals surface area contributed by atoms with Crippen molar-refractivity contribution in [2.45, 2.75) is 13.5 Å². The van der Waals surface area contributed by atoms with Crippen LogP contribution in [0, 0.1) is 12.7 Å². The second kappa shape index (κ2) is 7.77. The molecule has 1 amide bonds. The number of hydrogen-bond donors (Lipinski definition) is 1. The first-order valence-electron chi connectivity index (χ1n) is 8.71. The van der Waals surface area contributed by atoms with Gasteiger partial charge in [-0.15, -0.1) is 11.3 Å². The third-order valence-corrected chi connectivity index (χ3v) is 5.68. The van der Waals surface area contributed by atoms with Crippen molar-refractivity contribution in [2.75, 3.05) is 5.32 Å². The average molecular weight is 428 g/mol. The first-order chi connectivity index (χ1) is 13.9. The minimum atomic E-state index is -0.439. The molecule has 5 nitrogen and oxygen atoms in total. The number of thiophene rings is 1. The highest BCUT2D eigenvalue weighted by Gasteiger charge is 2.14. The lowest BCUT2D eigenvalue weighted by Gasteiger charge is -2.08. The number of amides is 1. The zero-order valence-electron chi connectivity index (χ0n) is 15.3. The molecule has 0 aliphatic rings. The molecule has 0 spiro atoms. The summed E-state index contributed by atoms with van der Waals surface area (Å²) in [7, 11) is 0. The molecule has 2 heterocycles. The van der Waals surface area contributed by atoms with Gasteiger partial charge in [-0.25, -0.2) is 9.37 Å². The molecular weight excluding hydrogens is 413 g/mol. The Balaban J connectivity index is 1.59. The number of halogens is 2. The number of aromatic nitrogens is 2. The van der Waals surface area contributed by atoms with Crippen LogP contribution in [0.15, 0.2) is 59.0 Å². The lowest BCUT2D eigenvalue weighted by atomic mass is 10.1. The number of nitrogens with one attached hydrogen (secondary N) is 1. The van der Waals surface area contributed by atoms with Crippen LogP contribution in [0.4, 0.5) is 10.1 Å². The summed E-state index contributed by atoms with van der Waals surface area (Å²) in [4.78, 5) is 29.5. The van der Waals surface area contributed by atoms with Crippen molar-refractivity contribution in [3.63, 3.8) is 0 Å². The Hall–Kier alpha value is -3.03. The minimum Gasteiger partial charge on any atom is -0.324 e. The predicted molar refractivity (Wildman–Crippen MR) is 114 cm³/mol. The van der Waals surface area contributed by atoms with E-state index in [2.05, 4.69) is 10.3 Å². The molecule has 1 N–H and O–H groups in total. The molecule has 4 aromatic rings. The summed E-state index contributed by atoms with van der Waals surface area (Å²) in [5, 5.41) is 5.09. The van der Waals surface area contributed by atoms with Crippen LogP contribution in [0.2, 0.25) is 5.02 Å². The van der Waals surface area contributed by atoms with Crippen molar-refractivity contribution in [1.82, 2.24) is 9.55 Å². The molecule has 2 aromatic heterocycles. The summed E-state index contributed by atoms with van der Waals surface area (Å²) < 4.78 is 15.3. The maximum Gasteiger partial charge on any atom is 0.271 e. The Kier molecular flexibility index (Phi) is 5.17. The van der Waals surface area contributed by atoms with Crippen molar-refractivity contribution < 1.29 is 9.18 Å². The van der Waals surface area contributed by atoms with Gasteiger partial charge in [0.25, 0.3) is 5.56 Å². The molecule has 0 atom stereocenters. The second-order valence-electron chi connectivity index (χ2n) is 6.52. The van der Waals surface area contributed by atoms with Crippen LogP contribution in [-0.4, -0.2) is 15.5 Å². The summed E-state index contributed by atoms with van der Waals surface area (Å²) in [6.07, 6.45) is 1.35. The fraction of sp³-hybridized carbons (Fsp3) is 0.0952. The second-order valence-corrected chi connectivity index (χ2v) is 7.84. The van der Waals surface area contributed by atoms with E-state index in [1.165, 1.54) is 28.3 Å². The molecule has 0 aliphatic heterocycles. The minimum absolute atomic E-state index is 0.217. The number of carbonyl (C=O) groups is 1. The highest BCUT2D eigenvalue weighted by atomic mass is 35.5. The van der Waals surface area contributed by atoms with E-state index >= 15 is 0 Å². The molecule has 146 valence electrons. The first-order valence-corrected chi connectivity index (χ1v) is 9.97. The van der Waals surface area contributed by atoms with Gasteiger partial charge in [-0.1, -0.05) is 29.8 Å². The number of benzene rings is 2. The fourth-order valence-corrected chi connectivity index (χ4v) is 4.02. The third kappa shape index (κ3) is 3.92. The molecule has 0 saturated heterocycles. The molecule has 4 rings (SSSR count). The van der Waals surface area contributed by atoms with E-state index < -0.39 is 11.7 Å². The highest BCUT2D eigenvalue weighted by Crippen LogP contribution is 2.31. The summed E-state index contributed by atoms with van der Waals surface area (Å²) in [6.45, 7) is 1.42. The van der Waals surface area contributed by atoms with Gasteiger partial charge in [0.2, 0.25) is 5.91 Å². The van der Waals surface area contributed by atoms with Gasteiger partial charge in [0, 0.05) is 21.7 Å². The van der Waals surface area contributed by atoms with E-state index in [1.807, 2.05) is 17.5 Å². The number of fused-ring (bicyclic) bond motifs is 1. The topological polar surface area (TPSA) is 64.0 Å². The summed E-state index contributed by atoms with van der Waals surface area (Å²) in [6, 6.07) is 11.7. The highest BCUT2D eigenvalue weighted by molar-refractivity contribution is 7.17. The van der Waals surface area contributed by atoms with Crippen molar-refractivity contribution in [3.05, 3.63) is 80.9 Å². The number of anilines is 1. The van der Waals surface area contributed by atoms with Crippen LogP contribution in [0.3, 0.4) is 0 Å². The predicted octanol–water partition coefficient (Wildman–Crippen LogP) is 4.86. The van der Waals surface area contributed by atoms with E-state index in [0.717, 1.165) is 11.1 Å².